The van der Waals surface area contributed by atoms with E-state index in [2.05, 4.69) is 77.8 Å². The predicted octanol–water partition coefficient (Wildman–Crippen LogP) is 6.11. The van der Waals surface area contributed by atoms with Gasteiger partial charge in [-0.15, -0.1) is 0 Å². The van der Waals surface area contributed by atoms with Crippen molar-refractivity contribution in [1.29, 1.82) is 0 Å². The van der Waals surface area contributed by atoms with E-state index in [0.29, 0.717) is 5.84 Å². The van der Waals surface area contributed by atoms with Gasteiger partial charge in [0.05, 0.1) is 6.34 Å². The van der Waals surface area contributed by atoms with Gasteiger partial charge in [-0.3, -0.25) is 5.73 Å². The molecular formula is C26H31N5. The van der Waals surface area contributed by atoms with Crippen LogP contribution < -0.4 is 16.4 Å². The maximum absolute atomic E-state index is 6.33. The van der Waals surface area contributed by atoms with Crippen LogP contribution in [0.2, 0.25) is 0 Å². The van der Waals surface area contributed by atoms with Gasteiger partial charge in [0.25, 0.3) is 0 Å². The number of nitrogens with one attached hydrogen (secondary N) is 2. The van der Waals surface area contributed by atoms with Crippen LogP contribution in [0, 0.1) is 5.41 Å². The number of nitrogens with two attached hydrogens (primary N) is 1. The molecule has 0 heterocycles. The quantitative estimate of drug-likeness (QED) is 0.259. The number of hydrogen-bond acceptors (Lipinski definition) is 3. The fourth-order valence-electron chi connectivity index (χ4n) is 3.19. The smallest absolute Gasteiger partial charge is 0.173 e. The molecule has 3 aromatic rings. The number of amidine groups is 1. The van der Waals surface area contributed by atoms with Crippen molar-refractivity contribution in [3.63, 3.8) is 0 Å². The molecule has 31 heavy (non-hydrogen) atoms. The molecule has 0 bridgehead atoms. The van der Waals surface area contributed by atoms with Gasteiger partial charge in [0.2, 0.25) is 0 Å². The lowest BCUT2D eigenvalue weighted by atomic mass is 9.95. The molecule has 3 rings (SSSR count). The molecule has 0 amide bonds. The van der Waals surface area contributed by atoms with Crippen molar-refractivity contribution in [1.82, 2.24) is 0 Å². The van der Waals surface area contributed by atoms with Gasteiger partial charge in [-0.1, -0.05) is 81.5 Å². The van der Waals surface area contributed by atoms with Crippen LogP contribution in [0.15, 0.2) is 82.8 Å². The molecule has 4 N–H and O–H groups in total. The first-order chi connectivity index (χ1) is 14.9. The summed E-state index contributed by atoms with van der Waals surface area (Å²) in [5.41, 5.74) is 9.11. The largest absolute Gasteiger partial charge is 0.351 e. The first-order valence-electron chi connectivity index (χ1n) is 10.5. The minimum atomic E-state index is -0.616. The number of aliphatic imine (C=N–C) groups is 2. The lowest BCUT2D eigenvalue weighted by Gasteiger charge is -2.21. The Hall–Kier alpha value is -3.44. The van der Waals surface area contributed by atoms with Gasteiger partial charge in [0.1, 0.15) is 5.84 Å². The van der Waals surface area contributed by atoms with Gasteiger partial charge in [0.15, 0.2) is 6.29 Å². The number of anilines is 2. The molecule has 1 atom stereocenters. The van der Waals surface area contributed by atoms with Crippen molar-refractivity contribution in [2.75, 3.05) is 10.6 Å². The highest BCUT2D eigenvalue weighted by Crippen LogP contribution is 2.24. The Morgan fingerprint density at radius 2 is 1.74 bits per heavy atom. The Labute approximate surface area is 184 Å². The van der Waals surface area contributed by atoms with Crippen LogP contribution in [-0.4, -0.2) is 18.5 Å². The summed E-state index contributed by atoms with van der Waals surface area (Å²) in [5, 5.41) is 8.80. The average Bonchev–Trinajstić information content (AvgIpc) is 2.73. The predicted molar refractivity (Wildman–Crippen MR) is 136 cm³/mol. The van der Waals surface area contributed by atoms with E-state index in [1.54, 1.807) is 6.34 Å². The molecule has 3 aromatic carbocycles. The number of fused-ring (bicyclic) bond motifs is 1. The lowest BCUT2D eigenvalue weighted by Crippen LogP contribution is -2.31. The molecule has 0 saturated carbocycles. The Bertz CT molecular complexity index is 1100. The zero-order valence-corrected chi connectivity index (χ0v) is 18.6. The van der Waals surface area contributed by atoms with E-state index in [4.69, 9.17) is 5.73 Å². The molecule has 0 aliphatic heterocycles. The second-order valence-corrected chi connectivity index (χ2v) is 8.35. The van der Waals surface area contributed by atoms with Crippen molar-refractivity contribution in [3.05, 3.63) is 78.4 Å². The molecule has 160 valence electrons. The summed E-state index contributed by atoms with van der Waals surface area (Å²) < 4.78 is 0. The summed E-state index contributed by atoms with van der Waals surface area (Å²) >= 11 is 0. The molecule has 5 nitrogen and oxygen atoms in total. The summed E-state index contributed by atoms with van der Waals surface area (Å²) in [6, 6.07) is 22.4. The van der Waals surface area contributed by atoms with Crippen LogP contribution in [-0.2, 0) is 0 Å². The summed E-state index contributed by atoms with van der Waals surface area (Å²) in [6.07, 6.45) is 5.13. The fourth-order valence-corrected chi connectivity index (χ4v) is 3.19. The van der Waals surface area contributed by atoms with E-state index in [-0.39, 0.29) is 5.41 Å². The van der Waals surface area contributed by atoms with Crippen LogP contribution in [0.1, 0.15) is 33.3 Å². The molecule has 0 aromatic heterocycles. The van der Waals surface area contributed by atoms with Crippen molar-refractivity contribution < 1.29 is 0 Å². The Kier molecular flexibility index (Phi) is 7.21. The molecular weight excluding hydrogens is 382 g/mol. The molecule has 0 saturated heterocycles. The van der Waals surface area contributed by atoms with Gasteiger partial charge >= 0.3 is 0 Å². The van der Waals surface area contributed by atoms with Crippen molar-refractivity contribution >= 4 is 40.4 Å². The molecule has 0 aliphatic rings. The average molecular weight is 414 g/mol. The van der Waals surface area contributed by atoms with Gasteiger partial charge in [-0.05, 0) is 36.1 Å². The van der Waals surface area contributed by atoms with Crippen LogP contribution in [0.4, 0.5) is 11.4 Å². The van der Waals surface area contributed by atoms with Crippen LogP contribution in [0.5, 0.6) is 0 Å². The van der Waals surface area contributed by atoms with Crippen LogP contribution in [0.3, 0.4) is 0 Å². The minimum absolute atomic E-state index is 0.261. The first kappa shape index (κ1) is 22.2. The normalized spacial score (nSPS) is 13.8. The zero-order valence-electron chi connectivity index (χ0n) is 18.6. The van der Waals surface area contributed by atoms with E-state index in [9.17, 15) is 0 Å². The van der Waals surface area contributed by atoms with E-state index in [1.165, 1.54) is 0 Å². The Balaban J connectivity index is 1.77. The van der Waals surface area contributed by atoms with Crippen LogP contribution >= 0.6 is 0 Å². The molecule has 5 heteroatoms. The third kappa shape index (κ3) is 6.27. The van der Waals surface area contributed by atoms with Gasteiger partial charge < -0.3 is 10.6 Å². The second-order valence-electron chi connectivity index (χ2n) is 8.35. The maximum atomic E-state index is 6.33. The van der Waals surface area contributed by atoms with E-state index < -0.39 is 6.29 Å². The summed E-state index contributed by atoms with van der Waals surface area (Å²) in [7, 11) is 0. The molecule has 0 fully saturated rings. The lowest BCUT2D eigenvalue weighted by molar-refractivity contribution is 0.576. The molecule has 1 unspecified atom stereocenters. The zero-order chi connectivity index (χ0) is 22.3. The molecule has 0 aliphatic carbocycles. The monoisotopic (exact) mass is 413 g/mol. The van der Waals surface area contributed by atoms with Gasteiger partial charge in [-0.25, -0.2) is 9.98 Å². The fraction of sp³-hybridized carbons (Fsp3) is 0.231. The van der Waals surface area contributed by atoms with Crippen LogP contribution in [0.25, 0.3) is 16.8 Å². The number of rotatable bonds is 6. The Morgan fingerprint density at radius 3 is 2.52 bits per heavy atom. The highest BCUT2D eigenvalue weighted by Gasteiger charge is 2.19. The number of allylic oxidation sites excluding steroid dienone is 1. The minimum Gasteiger partial charge on any atom is -0.351 e. The topological polar surface area (TPSA) is 74.8 Å². The van der Waals surface area contributed by atoms with E-state index >= 15 is 0 Å². The van der Waals surface area contributed by atoms with Crippen molar-refractivity contribution in [2.45, 2.75) is 34.0 Å². The van der Waals surface area contributed by atoms with Gasteiger partial charge in [-0.2, -0.15) is 0 Å². The summed E-state index contributed by atoms with van der Waals surface area (Å²) in [6.45, 7) is 8.21. The number of benzene rings is 3. The van der Waals surface area contributed by atoms with E-state index in [1.807, 2.05) is 49.4 Å². The highest BCUT2D eigenvalue weighted by atomic mass is 15.2. The number of nitrogens with zero attached hydrogens (tertiary/aromatic N) is 2. The van der Waals surface area contributed by atoms with Crippen molar-refractivity contribution in [2.24, 2.45) is 21.1 Å². The first-order valence-corrected chi connectivity index (χ1v) is 10.5. The summed E-state index contributed by atoms with van der Waals surface area (Å²) in [5.74, 6) is 0.657. The standard InChI is InChI=1S/C26H31N5/c1-5-10-19-11-8-14-21(17-19)28-18-29-24(26(2,3)4)31-25(27)30-23-16-9-13-20-12-6-7-15-22(20)23/h5-18,25,30H,27H2,1-4H3,(H,28,29,31)/b10-5-. The third-order valence-corrected chi connectivity index (χ3v) is 4.69. The van der Waals surface area contributed by atoms with E-state index in [0.717, 1.165) is 27.7 Å². The van der Waals surface area contributed by atoms with Crippen molar-refractivity contribution in [3.8, 4) is 0 Å². The Morgan fingerprint density at radius 1 is 1.00 bits per heavy atom. The van der Waals surface area contributed by atoms with Gasteiger partial charge in [0, 0.05) is 22.2 Å². The molecule has 0 radical (unpaired) electrons. The third-order valence-electron chi connectivity index (χ3n) is 4.69. The SMILES string of the molecule is C/C=C\c1cccc(NC=NC(=NC(N)Nc2cccc3ccccc23)C(C)(C)C)c1. The second kappa shape index (κ2) is 10.0. The number of hydrogen-bond donors (Lipinski definition) is 3. The highest BCUT2D eigenvalue weighted by molar-refractivity contribution is 5.96. The maximum Gasteiger partial charge on any atom is 0.173 e. The summed E-state index contributed by atoms with van der Waals surface area (Å²) in [4.78, 5) is 9.25. The molecule has 0 spiro atoms.